The molecule has 2 aromatic heterocycles. The highest BCUT2D eigenvalue weighted by Gasteiger charge is 2.42. The molecule has 38 heavy (non-hydrogen) atoms. The van der Waals surface area contributed by atoms with Crippen molar-refractivity contribution in [2.24, 2.45) is 5.41 Å². The van der Waals surface area contributed by atoms with Crippen molar-refractivity contribution in [3.8, 4) is 5.75 Å². The summed E-state index contributed by atoms with van der Waals surface area (Å²) in [6.07, 6.45) is 6.27. The zero-order valence-electron chi connectivity index (χ0n) is 22.3. The summed E-state index contributed by atoms with van der Waals surface area (Å²) in [5.74, 6) is 0.486. The Labute approximate surface area is 229 Å². The first kappa shape index (κ1) is 26.2. The summed E-state index contributed by atoms with van der Waals surface area (Å²) in [4.78, 5) is 19.4. The van der Waals surface area contributed by atoms with E-state index in [2.05, 4.69) is 43.4 Å². The van der Waals surface area contributed by atoms with Gasteiger partial charge >= 0.3 is 0 Å². The summed E-state index contributed by atoms with van der Waals surface area (Å²) in [5.41, 5.74) is 2.98. The number of aromatic nitrogens is 2. The number of nitrogens with one attached hydrogen (secondary N) is 2. The quantitative estimate of drug-likeness (QED) is 0.403. The SMILES string of the molecule is COc1cc(N2C(=S)NC(c3ccccn3)C2c2cccn2CC2CCCO2)ccc1NC(=O)C(C)(C)C. The molecule has 1 aromatic carbocycles. The zero-order chi connectivity index (χ0) is 26.9. The van der Waals surface area contributed by atoms with Crippen LogP contribution in [0.1, 0.15) is 57.1 Å². The molecule has 3 aromatic rings. The van der Waals surface area contributed by atoms with E-state index in [1.165, 1.54) is 0 Å². The first-order valence-corrected chi connectivity index (χ1v) is 13.4. The van der Waals surface area contributed by atoms with E-state index >= 15 is 0 Å². The van der Waals surface area contributed by atoms with Crippen LogP contribution in [-0.2, 0) is 16.1 Å². The van der Waals surface area contributed by atoms with E-state index < -0.39 is 5.41 Å². The number of pyridine rings is 1. The Kier molecular flexibility index (Phi) is 7.40. The predicted octanol–water partition coefficient (Wildman–Crippen LogP) is 5.23. The number of ether oxygens (including phenoxy) is 2. The van der Waals surface area contributed by atoms with Gasteiger partial charge in [0.2, 0.25) is 5.91 Å². The maximum Gasteiger partial charge on any atom is 0.229 e. The number of benzene rings is 1. The van der Waals surface area contributed by atoms with Crippen LogP contribution in [0.4, 0.5) is 11.4 Å². The second-order valence-electron chi connectivity index (χ2n) is 10.8. The highest BCUT2D eigenvalue weighted by molar-refractivity contribution is 7.80. The molecule has 3 unspecified atom stereocenters. The van der Waals surface area contributed by atoms with Crippen LogP contribution in [0.25, 0.3) is 0 Å². The van der Waals surface area contributed by atoms with Crippen molar-refractivity contribution in [3.05, 3.63) is 72.3 Å². The van der Waals surface area contributed by atoms with Gasteiger partial charge in [0.15, 0.2) is 5.11 Å². The minimum Gasteiger partial charge on any atom is -0.494 e. The number of nitrogens with zero attached hydrogens (tertiary/aromatic N) is 3. The number of carbonyl (C=O) groups is 1. The van der Waals surface area contributed by atoms with E-state index in [9.17, 15) is 4.79 Å². The summed E-state index contributed by atoms with van der Waals surface area (Å²) < 4.78 is 13.9. The molecule has 1 amide bonds. The van der Waals surface area contributed by atoms with Crippen molar-refractivity contribution < 1.29 is 14.3 Å². The second kappa shape index (κ2) is 10.7. The predicted molar refractivity (Wildman–Crippen MR) is 152 cm³/mol. The number of hydrogen-bond acceptors (Lipinski definition) is 5. The van der Waals surface area contributed by atoms with E-state index in [0.29, 0.717) is 16.5 Å². The van der Waals surface area contributed by atoms with Crippen molar-refractivity contribution in [1.82, 2.24) is 14.9 Å². The third-order valence-corrected chi connectivity index (χ3v) is 7.40. The van der Waals surface area contributed by atoms with E-state index in [1.807, 2.05) is 57.2 Å². The molecule has 2 aliphatic rings. The fraction of sp³-hybridized carbons (Fsp3) is 0.414. The van der Waals surface area contributed by atoms with E-state index in [0.717, 1.165) is 43.1 Å². The monoisotopic (exact) mass is 533 g/mol. The summed E-state index contributed by atoms with van der Waals surface area (Å²) in [6.45, 7) is 7.25. The third kappa shape index (κ3) is 5.26. The summed E-state index contributed by atoms with van der Waals surface area (Å²) in [7, 11) is 1.60. The van der Waals surface area contributed by atoms with Gasteiger partial charge in [-0.2, -0.15) is 0 Å². The van der Waals surface area contributed by atoms with Crippen LogP contribution in [0.3, 0.4) is 0 Å². The van der Waals surface area contributed by atoms with Gasteiger partial charge in [0.25, 0.3) is 0 Å². The number of hydrogen-bond donors (Lipinski definition) is 2. The molecule has 200 valence electrons. The highest BCUT2D eigenvalue weighted by atomic mass is 32.1. The number of carbonyl (C=O) groups excluding carboxylic acids is 1. The molecular weight excluding hydrogens is 498 g/mol. The first-order chi connectivity index (χ1) is 18.3. The maximum absolute atomic E-state index is 12.7. The van der Waals surface area contributed by atoms with Crippen molar-refractivity contribution in [1.29, 1.82) is 0 Å². The van der Waals surface area contributed by atoms with Crippen LogP contribution in [0.2, 0.25) is 0 Å². The van der Waals surface area contributed by atoms with Gasteiger partial charge in [0, 0.05) is 48.4 Å². The highest BCUT2D eigenvalue weighted by Crippen LogP contribution is 2.43. The van der Waals surface area contributed by atoms with Gasteiger partial charge in [-0.25, -0.2) is 0 Å². The third-order valence-electron chi connectivity index (χ3n) is 7.08. The fourth-order valence-electron chi connectivity index (χ4n) is 5.05. The van der Waals surface area contributed by atoms with Crippen LogP contribution in [0.5, 0.6) is 5.75 Å². The molecule has 2 N–H and O–H groups in total. The Bertz CT molecular complexity index is 1300. The number of rotatable bonds is 7. The number of methoxy groups -OCH3 is 1. The second-order valence-corrected chi connectivity index (χ2v) is 11.2. The molecule has 2 fully saturated rings. The van der Waals surface area contributed by atoms with E-state index in [1.54, 1.807) is 13.3 Å². The van der Waals surface area contributed by atoms with Gasteiger partial charge in [0.05, 0.1) is 30.6 Å². The minimum absolute atomic E-state index is 0.0815. The molecule has 8 nitrogen and oxygen atoms in total. The van der Waals surface area contributed by atoms with Gasteiger partial charge in [-0.1, -0.05) is 26.8 Å². The Morgan fingerprint density at radius 2 is 2.08 bits per heavy atom. The topological polar surface area (TPSA) is 80.7 Å². The van der Waals surface area contributed by atoms with Crippen molar-refractivity contribution in [2.45, 2.75) is 58.3 Å². The molecule has 0 bridgehead atoms. The van der Waals surface area contributed by atoms with Crippen LogP contribution in [0, 0.1) is 5.41 Å². The normalized spacial score (nSPS) is 21.4. The van der Waals surface area contributed by atoms with Crippen LogP contribution in [-0.4, -0.2) is 40.4 Å². The number of anilines is 2. The Morgan fingerprint density at radius 1 is 1.24 bits per heavy atom. The Morgan fingerprint density at radius 3 is 2.76 bits per heavy atom. The van der Waals surface area contributed by atoms with Gasteiger partial charge < -0.3 is 29.6 Å². The number of thiocarbonyl (C=S) groups is 1. The molecule has 2 saturated heterocycles. The lowest BCUT2D eigenvalue weighted by Crippen LogP contribution is -2.31. The fourth-order valence-corrected chi connectivity index (χ4v) is 5.39. The molecule has 4 heterocycles. The van der Waals surface area contributed by atoms with Crippen LogP contribution >= 0.6 is 12.2 Å². The standard InChI is InChI=1S/C29H35N5O3S/c1-29(2,3)27(35)31-21-13-12-19(17-24(21)36-4)34-26(25(32-28(34)38)22-10-5-6-14-30-22)23-11-7-15-33(23)18-20-9-8-16-37-20/h5-7,10-15,17,20,25-26H,8-9,16,18H2,1-4H3,(H,31,35)(H,32,38). The molecule has 0 spiro atoms. The van der Waals surface area contributed by atoms with E-state index in [4.69, 9.17) is 21.7 Å². The van der Waals surface area contributed by atoms with Crippen molar-refractivity contribution >= 4 is 34.6 Å². The van der Waals surface area contributed by atoms with Crippen LogP contribution < -0.4 is 20.3 Å². The van der Waals surface area contributed by atoms with E-state index in [-0.39, 0.29) is 24.1 Å². The smallest absolute Gasteiger partial charge is 0.229 e. The average molecular weight is 534 g/mol. The molecule has 0 saturated carbocycles. The molecule has 0 aliphatic carbocycles. The number of amides is 1. The van der Waals surface area contributed by atoms with Crippen LogP contribution in [0.15, 0.2) is 60.9 Å². The molecule has 3 atom stereocenters. The van der Waals surface area contributed by atoms with Crippen molar-refractivity contribution in [2.75, 3.05) is 23.9 Å². The summed E-state index contributed by atoms with van der Waals surface area (Å²) in [5, 5.41) is 7.12. The molecule has 5 rings (SSSR count). The molecule has 2 aliphatic heterocycles. The van der Waals surface area contributed by atoms with Gasteiger partial charge in [-0.15, -0.1) is 0 Å². The molecule has 9 heteroatoms. The lowest BCUT2D eigenvalue weighted by Gasteiger charge is -2.30. The summed E-state index contributed by atoms with van der Waals surface area (Å²) in [6, 6.07) is 15.6. The Hall–Kier alpha value is -3.43. The molecule has 0 radical (unpaired) electrons. The van der Waals surface area contributed by atoms with Crippen molar-refractivity contribution in [3.63, 3.8) is 0 Å². The lowest BCUT2D eigenvalue weighted by atomic mass is 9.95. The minimum atomic E-state index is -0.528. The largest absolute Gasteiger partial charge is 0.494 e. The molecular formula is C29H35N5O3S. The van der Waals surface area contributed by atoms with Gasteiger partial charge in [-0.05, 0) is 61.5 Å². The maximum atomic E-state index is 12.7. The Balaban J connectivity index is 1.54. The average Bonchev–Trinajstić information content (AvgIpc) is 3.65. The first-order valence-electron chi connectivity index (χ1n) is 13.0. The zero-order valence-corrected chi connectivity index (χ0v) is 23.1. The van der Waals surface area contributed by atoms with Gasteiger partial charge in [0.1, 0.15) is 11.8 Å². The summed E-state index contributed by atoms with van der Waals surface area (Å²) >= 11 is 5.91. The van der Waals surface area contributed by atoms with Gasteiger partial charge in [-0.3, -0.25) is 9.78 Å². The lowest BCUT2D eigenvalue weighted by molar-refractivity contribution is -0.123.